The molecule has 0 bridgehead atoms. The van der Waals surface area contributed by atoms with Gasteiger partial charge in [0.15, 0.2) is 0 Å². The summed E-state index contributed by atoms with van der Waals surface area (Å²) in [5, 5.41) is 16.7. The number of carbonyl (C=O) groups excluding carboxylic acids is 1. The number of pyridine rings is 1. The Morgan fingerprint density at radius 1 is 1.38 bits per heavy atom. The first kappa shape index (κ1) is 17.9. The summed E-state index contributed by atoms with van der Waals surface area (Å²) < 4.78 is 1.78. The molecule has 0 saturated carbocycles. The number of aliphatic hydroxyl groups is 1. The number of anilines is 1. The number of carbonyl (C=O) groups is 1. The minimum absolute atomic E-state index is 0. The Bertz CT molecular complexity index is 865. The van der Waals surface area contributed by atoms with Crippen molar-refractivity contribution in [3.63, 3.8) is 0 Å². The van der Waals surface area contributed by atoms with Crippen LogP contribution in [0.5, 0.6) is 0 Å². The van der Waals surface area contributed by atoms with Crippen molar-refractivity contribution in [3.8, 4) is 5.69 Å². The zero-order valence-electron chi connectivity index (χ0n) is 13.0. The predicted molar refractivity (Wildman–Crippen MR) is 94.5 cm³/mol. The molecule has 3 rings (SSSR count). The summed E-state index contributed by atoms with van der Waals surface area (Å²) in [7, 11) is 0. The van der Waals surface area contributed by atoms with Gasteiger partial charge in [-0.3, -0.25) is 4.79 Å². The van der Waals surface area contributed by atoms with Crippen LogP contribution in [0.2, 0.25) is 0 Å². The average Bonchev–Trinajstić information content (AvgIpc) is 2.97. The molecule has 0 aliphatic heterocycles. The Kier molecular flexibility index (Phi) is 5.50. The minimum atomic E-state index is -0.978. The highest BCUT2D eigenvalue weighted by molar-refractivity contribution is 5.95. The number of amides is 1. The number of nitrogens with zero attached hydrogens (tertiary/aromatic N) is 3. The van der Waals surface area contributed by atoms with Crippen molar-refractivity contribution in [2.24, 2.45) is 5.73 Å². The highest BCUT2D eigenvalue weighted by Gasteiger charge is 2.14. The van der Waals surface area contributed by atoms with Crippen LogP contribution in [0.3, 0.4) is 0 Å². The highest BCUT2D eigenvalue weighted by Crippen LogP contribution is 2.20. The largest absolute Gasteiger partial charge is 0.394 e. The summed E-state index contributed by atoms with van der Waals surface area (Å²) in [6, 6.07) is 8.70. The van der Waals surface area contributed by atoms with E-state index in [1.807, 2.05) is 31.2 Å². The summed E-state index contributed by atoms with van der Waals surface area (Å²) in [5.41, 5.74) is 8.36. The molecule has 0 aliphatic carbocycles. The number of halogens is 1. The third-order valence-electron chi connectivity index (χ3n) is 3.48. The molecule has 2 aromatic heterocycles. The van der Waals surface area contributed by atoms with Gasteiger partial charge in [0.05, 0.1) is 24.0 Å². The Morgan fingerprint density at radius 2 is 2.17 bits per heavy atom. The van der Waals surface area contributed by atoms with Crippen LogP contribution in [-0.4, -0.2) is 38.4 Å². The van der Waals surface area contributed by atoms with Gasteiger partial charge in [-0.2, -0.15) is 5.10 Å². The number of benzene rings is 1. The van der Waals surface area contributed by atoms with Crippen LogP contribution in [0.15, 0.2) is 42.7 Å². The lowest BCUT2D eigenvalue weighted by Gasteiger charge is -2.09. The second-order valence-electron chi connectivity index (χ2n) is 5.30. The summed E-state index contributed by atoms with van der Waals surface area (Å²) in [6.07, 6.45) is 3.35. The summed E-state index contributed by atoms with van der Waals surface area (Å²) in [6.45, 7) is 1.59. The van der Waals surface area contributed by atoms with E-state index in [0.29, 0.717) is 5.82 Å². The SMILES string of the molecule is Cc1cccc(-n2ncc3cnc(NC(=O)[C@@H](N)CO)cc32)c1.Cl. The average molecular weight is 348 g/mol. The Morgan fingerprint density at radius 3 is 2.88 bits per heavy atom. The van der Waals surface area contributed by atoms with Crippen LogP contribution in [0.25, 0.3) is 16.6 Å². The molecule has 126 valence electrons. The number of aryl methyl sites for hydroxylation is 1. The minimum Gasteiger partial charge on any atom is -0.394 e. The second kappa shape index (κ2) is 7.39. The van der Waals surface area contributed by atoms with Gasteiger partial charge in [0.25, 0.3) is 0 Å². The van der Waals surface area contributed by atoms with Gasteiger partial charge < -0.3 is 16.2 Å². The van der Waals surface area contributed by atoms with Crippen LogP contribution >= 0.6 is 12.4 Å². The summed E-state index contributed by atoms with van der Waals surface area (Å²) >= 11 is 0. The molecule has 0 unspecified atom stereocenters. The molecule has 1 aromatic carbocycles. The Labute approximate surface area is 144 Å². The number of aromatic nitrogens is 3. The molecule has 0 fully saturated rings. The van der Waals surface area contributed by atoms with Crippen LogP contribution in [0.4, 0.5) is 5.82 Å². The molecule has 0 aliphatic rings. The molecule has 24 heavy (non-hydrogen) atoms. The molecule has 2 heterocycles. The maximum Gasteiger partial charge on any atom is 0.244 e. The topological polar surface area (TPSA) is 106 Å². The smallest absolute Gasteiger partial charge is 0.244 e. The molecular weight excluding hydrogens is 330 g/mol. The Hall–Kier alpha value is -2.48. The molecule has 1 atom stereocenters. The molecule has 0 radical (unpaired) electrons. The van der Waals surface area contributed by atoms with E-state index in [2.05, 4.69) is 15.4 Å². The molecule has 7 nitrogen and oxygen atoms in total. The lowest BCUT2D eigenvalue weighted by Crippen LogP contribution is -2.38. The monoisotopic (exact) mass is 347 g/mol. The van der Waals surface area contributed by atoms with Gasteiger partial charge in [-0.15, -0.1) is 12.4 Å². The van der Waals surface area contributed by atoms with Crippen molar-refractivity contribution in [2.75, 3.05) is 11.9 Å². The van der Waals surface area contributed by atoms with E-state index in [0.717, 1.165) is 22.2 Å². The first-order valence-electron chi connectivity index (χ1n) is 7.16. The first-order chi connectivity index (χ1) is 11.1. The van der Waals surface area contributed by atoms with E-state index in [9.17, 15) is 4.79 Å². The molecule has 3 aromatic rings. The number of nitrogens with one attached hydrogen (secondary N) is 1. The van der Waals surface area contributed by atoms with E-state index in [1.165, 1.54) is 0 Å². The van der Waals surface area contributed by atoms with Gasteiger partial charge in [0.1, 0.15) is 11.9 Å². The van der Waals surface area contributed by atoms with E-state index >= 15 is 0 Å². The van der Waals surface area contributed by atoms with Crippen molar-refractivity contribution in [1.82, 2.24) is 14.8 Å². The molecule has 4 N–H and O–H groups in total. The van der Waals surface area contributed by atoms with E-state index in [-0.39, 0.29) is 12.4 Å². The Balaban J connectivity index is 0.00000208. The first-order valence-corrected chi connectivity index (χ1v) is 7.16. The van der Waals surface area contributed by atoms with Crippen molar-refractivity contribution in [3.05, 3.63) is 48.3 Å². The van der Waals surface area contributed by atoms with Gasteiger partial charge in [-0.1, -0.05) is 12.1 Å². The van der Waals surface area contributed by atoms with Gasteiger partial charge in [0.2, 0.25) is 5.91 Å². The van der Waals surface area contributed by atoms with Crippen molar-refractivity contribution >= 4 is 35.0 Å². The van der Waals surface area contributed by atoms with Gasteiger partial charge >= 0.3 is 0 Å². The van der Waals surface area contributed by atoms with E-state index in [4.69, 9.17) is 10.8 Å². The molecule has 1 amide bonds. The van der Waals surface area contributed by atoms with E-state index in [1.54, 1.807) is 23.1 Å². The standard InChI is InChI=1S/C16H17N5O2.ClH/c1-10-3-2-4-12(5-10)21-14-6-15(18-7-11(14)8-19-21)20-16(23)13(17)9-22;/h2-8,13,22H,9,17H2,1H3,(H,18,20,23);1H/t13-;/m0./s1. The number of aliphatic hydroxyl groups excluding tert-OH is 1. The summed E-state index contributed by atoms with van der Waals surface area (Å²) in [5.74, 6) is -0.123. The quantitative estimate of drug-likeness (QED) is 0.661. The second-order valence-corrected chi connectivity index (χ2v) is 5.30. The molecular formula is C16H18ClN5O2. The number of rotatable bonds is 4. The zero-order chi connectivity index (χ0) is 16.4. The van der Waals surface area contributed by atoms with Crippen LogP contribution in [-0.2, 0) is 4.79 Å². The molecule has 8 heteroatoms. The van der Waals surface area contributed by atoms with Crippen LogP contribution < -0.4 is 11.1 Å². The maximum atomic E-state index is 11.8. The lowest BCUT2D eigenvalue weighted by molar-refractivity contribution is -0.118. The number of hydrogen-bond donors (Lipinski definition) is 3. The fourth-order valence-electron chi connectivity index (χ4n) is 2.26. The molecule has 0 spiro atoms. The third kappa shape index (κ3) is 3.53. The summed E-state index contributed by atoms with van der Waals surface area (Å²) in [4.78, 5) is 15.9. The maximum absolute atomic E-state index is 11.8. The fraction of sp³-hybridized carbons (Fsp3) is 0.188. The zero-order valence-corrected chi connectivity index (χ0v) is 13.8. The van der Waals surface area contributed by atoms with Crippen molar-refractivity contribution in [2.45, 2.75) is 13.0 Å². The van der Waals surface area contributed by atoms with Gasteiger partial charge in [-0.05, 0) is 24.6 Å². The number of fused-ring (bicyclic) bond motifs is 1. The fourth-order valence-corrected chi connectivity index (χ4v) is 2.26. The molecule has 0 saturated heterocycles. The van der Waals surface area contributed by atoms with Gasteiger partial charge in [0, 0.05) is 17.6 Å². The van der Waals surface area contributed by atoms with Crippen LogP contribution in [0, 0.1) is 6.92 Å². The normalized spacial score (nSPS) is 11.8. The van der Waals surface area contributed by atoms with E-state index < -0.39 is 18.6 Å². The van der Waals surface area contributed by atoms with Crippen LogP contribution in [0.1, 0.15) is 5.56 Å². The lowest BCUT2D eigenvalue weighted by atomic mass is 10.2. The van der Waals surface area contributed by atoms with Gasteiger partial charge in [-0.25, -0.2) is 9.67 Å². The number of hydrogen-bond acceptors (Lipinski definition) is 5. The highest BCUT2D eigenvalue weighted by atomic mass is 35.5. The number of nitrogens with two attached hydrogens (primary N) is 1. The third-order valence-corrected chi connectivity index (χ3v) is 3.48. The predicted octanol–water partition coefficient (Wildman–Crippen LogP) is 1.41. The van der Waals surface area contributed by atoms with Crippen molar-refractivity contribution in [1.29, 1.82) is 0 Å². The van der Waals surface area contributed by atoms with Crippen molar-refractivity contribution < 1.29 is 9.90 Å².